The zero-order valence-corrected chi connectivity index (χ0v) is 13.4. The first-order valence-electron chi connectivity index (χ1n) is 8.13. The Kier molecular flexibility index (Phi) is 7.05. The molecule has 0 radical (unpaired) electrons. The average Bonchev–Trinajstić information content (AvgIpc) is 2.88. The average molecular weight is 304 g/mol. The van der Waals surface area contributed by atoms with E-state index in [1.54, 1.807) is 0 Å². The fraction of sp³-hybridized carbons (Fsp3) is 1.00. The van der Waals surface area contributed by atoms with Gasteiger partial charge in [0, 0.05) is 32.7 Å². The van der Waals surface area contributed by atoms with Gasteiger partial charge in [0.15, 0.2) is 0 Å². The van der Waals surface area contributed by atoms with Gasteiger partial charge in [0.1, 0.15) is 0 Å². The maximum atomic E-state index is 5.43. The Hall–Kier alpha value is 0.130. The molecule has 3 aliphatic rings. The number of piperidine rings is 1. The predicted molar refractivity (Wildman–Crippen MR) is 84.6 cm³/mol. The normalized spacial score (nSPS) is 30.3. The van der Waals surface area contributed by atoms with Crippen molar-refractivity contribution >= 4 is 12.4 Å². The van der Waals surface area contributed by atoms with Crippen molar-refractivity contribution in [2.75, 3.05) is 65.6 Å². The lowest BCUT2D eigenvalue weighted by atomic mass is 9.98. The third-order valence-corrected chi connectivity index (χ3v) is 4.97. The molecule has 0 bridgehead atoms. The lowest BCUT2D eigenvalue weighted by Crippen LogP contribution is -2.40. The van der Waals surface area contributed by atoms with Crippen molar-refractivity contribution in [2.24, 2.45) is 11.8 Å². The Morgan fingerprint density at radius 1 is 0.850 bits per heavy atom. The summed E-state index contributed by atoms with van der Waals surface area (Å²) in [6, 6.07) is 0. The summed E-state index contributed by atoms with van der Waals surface area (Å²) in [5.41, 5.74) is 0. The van der Waals surface area contributed by atoms with Crippen LogP contribution in [0.5, 0.6) is 0 Å². The first kappa shape index (κ1) is 16.5. The summed E-state index contributed by atoms with van der Waals surface area (Å²) >= 11 is 0. The highest BCUT2D eigenvalue weighted by Gasteiger charge is 2.27. The number of likely N-dealkylation sites (tertiary alicyclic amines) is 1. The van der Waals surface area contributed by atoms with E-state index >= 15 is 0 Å². The molecule has 3 heterocycles. The van der Waals surface area contributed by atoms with Crippen LogP contribution < -0.4 is 5.32 Å². The Morgan fingerprint density at radius 2 is 1.55 bits per heavy atom. The SMILES string of the molecule is C1CC(CN2CCC(CN3CCOCC3)C2)CCN1.Cl. The van der Waals surface area contributed by atoms with Gasteiger partial charge in [-0.2, -0.15) is 0 Å². The van der Waals surface area contributed by atoms with Crippen molar-refractivity contribution in [1.82, 2.24) is 15.1 Å². The summed E-state index contributed by atoms with van der Waals surface area (Å²) in [6.45, 7) is 11.9. The van der Waals surface area contributed by atoms with Gasteiger partial charge in [0.25, 0.3) is 0 Å². The Balaban J connectivity index is 0.00000147. The van der Waals surface area contributed by atoms with E-state index in [1.807, 2.05) is 0 Å². The van der Waals surface area contributed by atoms with E-state index < -0.39 is 0 Å². The maximum Gasteiger partial charge on any atom is 0.0594 e. The molecule has 0 spiro atoms. The van der Waals surface area contributed by atoms with Crippen LogP contribution in [-0.2, 0) is 4.74 Å². The van der Waals surface area contributed by atoms with Crippen LogP contribution in [0.25, 0.3) is 0 Å². The molecule has 1 unspecified atom stereocenters. The highest BCUT2D eigenvalue weighted by Crippen LogP contribution is 2.21. The first-order valence-corrected chi connectivity index (χ1v) is 8.13. The van der Waals surface area contributed by atoms with Crippen molar-refractivity contribution in [3.05, 3.63) is 0 Å². The van der Waals surface area contributed by atoms with Crippen LogP contribution in [0.4, 0.5) is 0 Å². The summed E-state index contributed by atoms with van der Waals surface area (Å²) in [5, 5.41) is 3.47. The van der Waals surface area contributed by atoms with E-state index in [9.17, 15) is 0 Å². The third kappa shape index (κ3) is 4.85. The number of nitrogens with one attached hydrogen (secondary N) is 1. The van der Waals surface area contributed by atoms with E-state index in [2.05, 4.69) is 15.1 Å². The molecule has 3 rings (SSSR count). The van der Waals surface area contributed by atoms with E-state index in [4.69, 9.17) is 4.74 Å². The third-order valence-electron chi connectivity index (χ3n) is 4.97. The van der Waals surface area contributed by atoms with Gasteiger partial charge in [-0.15, -0.1) is 12.4 Å². The number of morpholine rings is 1. The van der Waals surface area contributed by atoms with Crippen molar-refractivity contribution in [1.29, 1.82) is 0 Å². The molecule has 3 aliphatic heterocycles. The largest absolute Gasteiger partial charge is 0.379 e. The standard InChI is InChI=1S/C15H29N3O.ClH/c1-4-16-5-2-14(1)11-18-6-3-15(13-18)12-17-7-9-19-10-8-17;/h14-16H,1-13H2;1H. The minimum Gasteiger partial charge on any atom is -0.379 e. The number of halogens is 1. The molecule has 1 N–H and O–H groups in total. The molecule has 1 atom stereocenters. The van der Waals surface area contributed by atoms with Gasteiger partial charge in [-0.3, -0.25) is 4.90 Å². The molecule has 5 heteroatoms. The van der Waals surface area contributed by atoms with Crippen molar-refractivity contribution in [2.45, 2.75) is 19.3 Å². The summed E-state index contributed by atoms with van der Waals surface area (Å²) in [6.07, 6.45) is 4.16. The monoisotopic (exact) mass is 303 g/mol. The molecule has 0 aromatic carbocycles. The smallest absolute Gasteiger partial charge is 0.0594 e. The molecular weight excluding hydrogens is 274 g/mol. The zero-order chi connectivity index (χ0) is 12.9. The quantitative estimate of drug-likeness (QED) is 0.840. The fourth-order valence-electron chi connectivity index (χ4n) is 3.81. The van der Waals surface area contributed by atoms with Gasteiger partial charge in [-0.1, -0.05) is 0 Å². The van der Waals surface area contributed by atoms with Crippen LogP contribution in [0.1, 0.15) is 19.3 Å². The highest BCUT2D eigenvalue weighted by atomic mass is 35.5. The molecular formula is C15H30ClN3O. The van der Waals surface area contributed by atoms with Gasteiger partial charge in [0.2, 0.25) is 0 Å². The van der Waals surface area contributed by atoms with Crippen LogP contribution >= 0.6 is 12.4 Å². The number of nitrogens with zero attached hydrogens (tertiary/aromatic N) is 2. The topological polar surface area (TPSA) is 27.7 Å². The molecule has 3 fully saturated rings. The van der Waals surface area contributed by atoms with Crippen molar-refractivity contribution in [3.63, 3.8) is 0 Å². The maximum absolute atomic E-state index is 5.43. The van der Waals surface area contributed by atoms with Gasteiger partial charge in [-0.25, -0.2) is 0 Å². The zero-order valence-electron chi connectivity index (χ0n) is 12.6. The van der Waals surface area contributed by atoms with Crippen molar-refractivity contribution in [3.8, 4) is 0 Å². The molecule has 0 aromatic rings. The molecule has 0 aromatic heterocycles. The number of rotatable bonds is 4. The molecule has 0 amide bonds. The number of hydrogen-bond acceptors (Lipinski definition) is 4. The minimum absolute atomic E-state index is 0. The second kappa shape index (κ2) is 8.54. The molecule has 20 heavy (non-hydrogen) atoms. The van der Waals surface area contributed by atoms with Crippen LogP contribution in [0.2, 0.25) is 0 Å². The lowest BCUT2D eigenvalue weighted by Gasteiger charge is -2.30. The second-order valence-corrected chi connectivity index (χ2v) is 6.52. The molecule has 0 aliphatic carbocycles. The minimum atomic E-state index is 0. The molecule has 0 saturated carbocycles. The van der Waals surface area contributed by atoms with Crippen LogP contribution in [0, 0.1) is 11.8 Å². The molecule has 4 nitrogen and oxygen atoms in total. The Labute approximate surface area is 129 Å². The van der Waals surface area contributed by atoms with Crippen LogP contribution in [0.15, 0.2) is 0 Å². The fourth-order valence-corrected chi connectivity index (χ4v) is 3.81. The summed E-state index contributed by atoms with van der Waals surface area (Å²) < 4.78 is 5.43. The second-order valence-electron chi connectivity index (χ2n) is 6.52. The van der Waals surface area contributed by atoms with E-state index in [-0.39, 0.29) is 12.4 Å². The first-order chi connectivity index (χ1) is 9.40. The van der Waals surface area contributed by atoms with Crippen LogP contribution in [-0.4, -0.2) is 75.4 Å². The number of ether oxygens (including phenoxy) is 1. The van der Waals surface area contributed by atoms with E-state index in [0.717, 1.165) is 38.1 Å². The van der Waals surface area contributed by atoms with Gasteiger partial charge < -0.3 is 15.0 Å². The summed E-state index contributed by atoms with van der Waals surface area (Å²) in [7, 11) is 0. The lowest BCUT2D eigenvalue weighted by molar-refractivity contribution is 0.0311. The Morgan fingerprint density at radius 3 is 2.30 bits per heavy atom. The highest BCUT2D eigenvalue weighted by molar-refractivity contribution is 5.85. The van der Waals surface area contributed by atoms with Gasteiger partial charge in [-0.05, 0) is 50.7 Å². The number of hydrogen-bond donors (Lipinski definition) is 1. The van der Waals surface area contributed by atoms with Gasteiger partial charge in [0.05, 0.1) is 13.2 Å². The summed E-state index contributed by atoms with van der Waals surface area (Å²) in [4.78, 5) is 5.32. The molecule has 3 saturated heterocycles. The Bertz CT molecular complexity index is 242. The van der Waals surface area contributed by atoms with E-state index in [0.29, 0.717) is 0 Å². The van der Waals surface area contributed by atoms with Gasteiger partial charge >= 0.3 is 0 Å². The van der Waals surface area contributed by atoms with Crippen LogP contribution in [0.3, 0.4) is 0 Å². The van der Waals surface area contributed by atoms with Crippen molar-refractivity contribution < 1.29 is 4.74 Å². The molecule has 118 valence electrons. The van der Waals surface area contributed by atoms with E-state index in [1.165, 1.54) is 58.5 Å². The predicted octanol–water partition coefficient (Wildman–Crippen LogP) is 1.06. The summed E-state index contributed by atoms with van der Waals surface area (Å²) in [5.74, 6) is 1.85.